The van der Waals surface area contributed by atoms with E-state index in [1.165, 1.54) is 0 Å². The summed E-state index contributed by atoms with van der Waals surface area (Å²) in [6.45, 7) is 1.78. The Labute approximate surface area is 130 Å². The lowest BCUT2D eigenvalue weighted by Gasteiger charge is -2.02. The van der Waals surface area contributed by atoms with Crippen molar-refractivity contribution in [2.45, 2.75) is 6.92 Å². The summed E-state index contributed by atoms with van der Waals surface area (Å²) in [6.07, 6.45) is 0. The first kappa shape index (κ1) is 13.9. The normalized spacial score (nSPS) is 10.8. The second kappa shape index (κ2) is 5.39. The van der Waals surface area contributed by atoms with Crippen LogP contribution < -0.4 is 0 Å². The zero-order chi connectivity index (χ0) is 15.0. The van der Waals surface area contributed by atoms with E-state index in [0.717, 1.165) is 0 Å². The Kier molecular flexibility index (Phi) is 3.57. The van der Waals surface area contributed by atoms with Crippen molar-refractivity contribution in [3.63, 3.8) is 0 Å². The molecule has 1 heterocycles. The molecule has 21 heavy (non-hydrogen) atoms. The molecule has 0 radical (unpaired) electrons. The molecular weight excluding hydrogens is 311 g/mol. The number of rotatable bonds is 2. The van der Waals surface area contributed by atoms with Crippen molar-refractivity contribution < 1.29 is 9.63 Å². The largest absolute Gasteiger partial charge is 0.508 e. The van der Waals surface area contributed by atoms with Gasteiger partial charge in [0, 0.05) is 26.7 Å². The topological polar surface area (TPSA) is 59.2 Å². The van der Waals surface area contributed by atoms with Crippen LogP contribution in [0.25, 0.3) is 22.8 Å². The lowest BCUT2D eigenvalue weighted by molar-refractivity contribution is 0.431. The highest BCUT2D eigenvalue weighted by Crippen LogP contribution is 2.30. The van der Waals surface area contributed by atoms with E-state index >= 15 is 0 Å². The van der Waals surface area contributed by atoms with E-state index < -0.39 is 0 Å². The summed E-state index contributed by atoms with van der Waals surface area (Å²) in [4.78, 5) is 4.33. The van der Waals surface area contributed by atoms with Crippen LogP contribution in [0.1, 0.15) is 5.56 Å². The summed E-state index contributed by atoms with van der Waals surface area (Å²) in [5, 5.41) is 14.7. The molecule has 0 amide bonds. The fourth-order valence-corrected chi connectivity index (χ4v) is 2.51. The van der Waals surface area contributed by atoms with Gasteiger partial charge in [0.05, 0.1) is 0 Å². The minimum absolute atomic E-state index is 0.179. The highest BCUT2D eigenvalue weighted by atomic mass is 35.5. The zero-order valence-electron chi connectivity index (χ0n) is 11.0. The Morgan fingerprint density at radius 1 is 1.10 bits per heavy atom. The maximum absolute atomic E-state index is 9.73. The summed E-state index contributed by atoms with van der Waals surface area (Å²) >= 11 is 11.9. The summed E-state index contributed by atoms with van der Waals surface area (Å²) < 4.78 is 5.26. The summed E-state index contributed by atoms with van der Waals surface area (Å²) in [5.41, 5.74) is 2.03. The van der Waals surface area contributed by atoms with Gasteiger partial charge in [-0.3, -0.25) is 0 Å². The molecule has 3 aromatic rings. The van der Waals surface area contributed by atoms with Crippen LogP contribution in [0, 0.1) is 6.92 Å². The van der Waals surface area contributed by atoms with Crippen molar-refractivity contribution in [2.24, 2.45) is 0 Å². The molecule has 0 spiro atoms. The quantitative estimate of drug-likeness (QED) is 0.741. The number of aromatic nitrogens is 2. The first-order valence-corrected chi connectivity index (χ1v) is 6.89. The van der Waals surface area contributed by atoms with Crippen LogP contribution in [0.4, 0.5) is 0 Å². The van der Waals surface area contributed by atoms with E-state index in [4.69, 9.17) is 27.7 Å². The number of benzene rings is 2. The van der Waals surface area contributed by atoms with E-state index in [0.29, 0.717) is 38.5 Å². The van der Waals surface area contributed by atoms with Gasteiger partial charge in [-0.15, -0.1) is 0 Å². The maximum Gasteiger partial charge on any atom is 0.258 e. The fraction of sp³-hybridized carbons (Fsp3) is 0.0667. The molecule has 0 unspecified atom stereocenters. The molecule has 1 N–H and O–H groups in total. The van der Waals surface area contributed by atoms with E-state index in [1.807, 2.05) is 0 Å². The highest BCUT2D eigenvalue weighted by Gasteiger charge is 2.14. The standard InChI is InChI=1S/C15H10Cl2N2O2/c1-8-12(3-2-4-13(8)20)15-18-14(19-21-15)9-5-10(16)7-11(17)6-9/h2-7,20H,1H3. The molecule has 0 aliphatic heterocycles. The summed E-state index contributed by atoms with van der Waals surface area (Å²) in [6, 6.07) is 10.2. The SMILES string of the molecule is Cc1c(O)cccc1-c1nc(-c2cc(Cl)cc(Cl)c2)no1. The predicted molar refractivity (Wildman–Crippen MR) is 81.6 cm³/mol. The molecule has 0 aliphatic rings. The van der Waals surface area contributed by atoms with Crippen molar-refractivity contribution in [1.82, 2.24) is 10.1 Å². The average molecular weight is 321 g/mol. The molecule has 3 rings (SSSR count). The zero-order valence-corrected chi connectivity index (χ0v) is 12.5. The molecule has 2 aromatic carbocycles. The van der Waals surface area contributed by atoms with Gasteiger partial charge < -0.3 is 9.63 Å². The van der Waals surface area contributed by atoms with Crippen molar-refractivity contribution in [2.75, 3.05) is 0 Å². The molecule has 106 valence electrons. The fourth-order valence-electron chi connectivity index (χ4n) is 1.99. The second-order valence-corrected chi connectivity index (χ2v) is 5.40. The van der Waals surface area contributed by atoms with E-state index in [-0.39, 0.29) is 5.75 Å². The van der Waals surface area contributed by atoms with Crippen molar-refractivity contribution in [3.8, 4) is 28.6 Å². The van der Waals surface area contributed by atoms with Gasteiger partial charge in [0.2, 0.25) is 5.82 Å². The first-order valence-electron chi connectivity index (χ1n) is 6.14. The van der Waals surface area contributed by atoms with Crippen LogP contribution >= 0.6 is 23.2 Å². The molecule has 0 atom stereocenters. The molecule has 0 aliphatic carbocycles. The Morgan fingerprint density at radius 3 is 2.52 bits per heavy atom. The lowest BCUT2D eigenvalue weighted by Crippen LogP contribution is -1.85. The molecule has 0 bridgehead atoms. The Bertz CT molecular complexity index is 795. The second-order valence-electron chi connectivity index (χ2n) is 4.53. The molecule has 0 saturated heterocycles. The summed E-state index contributed by atoms with van der Waals surface area (Å²) in [7, 11) is 0. The van der Waals surface area contributed by atoms with Crippen molar-refractivity contribution in [3.05, 3.63) is 52.0 Å². The van der Waals surface area contributed by atoms with Gasteiger partial charge in [-0.25, -0.2) is 0 Å². The van der Waals surface area contributed by atoms with Crippen LogP contribution in [0.3, 0.4) is 0 Å². The van der Waals surface area contributed by atoms with Crippen LogP contribution in [0.2, 0.25) is 10.0 Å². The van der Waals surface area contributed by atoms with Crippen LogP contribution in [-0.4, -0.2) is 15.2 Å². The van der Waals surface area contributed by atoms with Gasteiger partial charge in [0.25, 0.3) is 5.89 Å². The van der Waals surface area contributed by atoms with Crippen LogP contribution in [-0.2, 0) is 0 Å². The Hall–Kier alpha value is -2.04. The summed E-state index contributed by atoms with van der Waals surface area (Å²) in [5.74, 6) is 0.893. The van der Waals surface area contributed by atoms with Gasteiger partial charge in [-0.1, -0.05) is 34.4 Å². The number of nitrogens with zero attached hydrogens (tertiary/aromatic N) is 2. The molecule has 0 saturated carbocycles. The molecule has 1 aromatic heterocycles. The average Bonchev–Trinajstić information content (AvgIpc) is 2.90. The molecular formula is C15H10Cl2N2O2. The van der Waals surface area contributed by atoms with Gasteiger partial charge in [0.15, 0.2) is 0 Å². The third-order valence-corrected chi connectivity index (χ3v) is 3.52. The maximum atomic E-state index is 9.73. The van der Waals surface area contributed by atoms with E-state index in [1.54, 1.807) is 43.3 Å². The van der Waals surface area contributed by atoms with E-state index in [9.17, 15) is 5.11 Å². The lowest BCUT2D eigenvalue weighted by atomic mass is 10.1. The van der Waals surface area contributed by atoms with E-state index in [2.05, 4.69) is 10.1 Å². The first-order chi connectivity index (χ1) is 10.0. The van der Waals surface area contributed by atoms with Gasteiger partial charge in [-0.2, -0.15) is 4.98 Å². The van der Waals surface area contributed by atoms with Crippen LogP contribution in [0.15, 0.2) is 40.9 Å². The third-order valence-electron chi connectivity index (χ3n) is 3.08. The number of aromatic hydroxyl groups is 1. The Morgan fingerprint density at radius 2 is 1.81 bits per heavy atom. The van der Waals surface area contributed by atoms with Crippen molar-refractivity contribution >= 4 is 23.2 Å². The minimum Gasteiger partial charge on any atom is -0.508 e. The number of hydrogen-bond donors (Lipinski definition) is 1. The molecule has 4 nitrogen and oxygen atoms in total. The number of phenols is 1. The predicted octanol–water partition coefficient (Wildman–Crippen LogP) is 4.72. The Balaban J connectivity index is 2.06. The smallest absolute Gasteiger partial charge is 0.258 e. The highest BCUT2D eigenvalue weighted by molar-refractivity contribution is 6.35. The van der Waals surface area contributed by atoms with Gasteiger partial charge in [0.1, 0.15) is 5.75 Å². The minimum atomic E-state index is 0.179. The number of phenolic OH excluding ortho intramolecular Hbond substituents is 1. The molecule has 0 fully saturated rings. The van der Waals surface area contributed by atoms with Crippen LogP contribution in [0.5, 0.6) is 5.75 Å². The van der Waals surface area contributed by atoms with Gasteiger partial charge in [-0.05, 0) is 37.3 Å². The molecule has 6 heteroatoms. The third kappa shape index (κ3) is 2.73. The van der Waals surface area contributed by atoms with Gasteiger partial charge >= 0.3 is 0 Å². The number of hydrogen-bond acceptors (Lipinski definition) is 4. The van der Waals surface area contributed by atoms with Crippen molar-refractivity contribution in [1.29, 1.82) is 0 Å². The monoisotopic (exact) mass is 320 g/mol. The number of halogens is 2.